The Labute approximate surface area is 274 Å². The quantitative estimate of drug-likeness (QED) is 0.157. The summed E-state index contributed by atoms with van der Waals surface area (Å²) in [7, 11) is 3.32. The van der Waals surface area contributed by atoms with Crippen molar-refractivity contribution in [1.29, 1.82) is 0 Å². The van der Waals surface area contributed by atoms with Gasteiger partial charge in [-0.15, -0.1) is 0 Å². The van der Waals surface area contributed by atoms with E-state index >= 15 is 0 Å². The summed E-state index contributed by atoms with van der Waals surface area (Å²) in [6.45, 7) is 2.76. The second kappa shape index (κ2) is 14.5. The van der Waals surface area contributed by atoms with Gasteiger partial charge in [-0.2, -0.15) is 0 Å². The van der Waals surface area contributed by atoms with Crippen molar-refractivity contribution in [3.05, 3.63) is 132 Å². The smallest absolute Gasteiger partial charge is 0.248 e. The van der Waals surface area contributed by atoms with Crippen molar-refractivity contribution in [1.82, 2.24) is 14.9 Å². The fourth-order valence-electron chi connectivity index (χ4n) is 5.18. The van der Waals surface area contributed by atoms with Gasteiger partial charge in [-0.25, -0.2) is 4.98 Å². The van der Waals surface area contributed by atoms with E-state index in [1.807, 2.05) is 24.3 Å². The molecule has 3 heterocycles. The van der Waals surface area contributed by atoms with E-state index in [0.29, 0.717) is 16.9 Å². The van der Waals surface area contributed by atoms with Gasteiger partial charge in [-0.1, -0.05) is 18.2 Å². The van der Waals surface area contributed by atoms with E-state index in [-0.39, 0.29) is 47.3 Å². The lowest BCUT2D eigenvalue weighted by Gasteiger charge is -2.29. The minimum Gasteiger partial charge on any atom is -0.493 e. The topological polar surface area (TPSA) is 85.8 Å². The van der Waals surface area contributed by atoms with Gasteiger partial charge in [0.05, 0.1) is 25.4 Å². The van der Waals surface area contributed by atoms with Crippen LogP contribution in [0, 0.1) is 0 Å². The van der Waals surface area contributed by atoms with Gasteiger partial charge < -0.3 is 19.5 Å². The third-order valence-corrected chi connectivity index (χ3v) is 7.65. The molecule has 3 aromatic carbocycles. The van der Waals surface area contributed by atoms with Crippen LogP contribution in [0.4, 0.5) is 5.69 Å². The van der Waals surface area contributed by atoms with E-state index in [1.54, 1.807) is 44.6 Å². The number of benzene rings is 3. The van der Waals surface area contributed by atoms with Crippen LogP contribution in [0.1, 0.15) is 27.7 Å². The predicted molar refractivity (Wildman–Crippen MR) is 180 cm³/mol. The molecule has 0 saturated carbocycles. The van der Waals surface area contributed by atoms with Crippen molar-refractivity contribution in [2.75, 3.05) is 32.6 Å². The van der Waals surface area contributed by atoms with Gasteiger partial charge in [0, 0.05) is 55.4 Å². The van der Waals surface area contributed by atoms with Crippen molar-refractivity contribution in [2.45, 2.75) is 19.4 Å². The van der Waals surface area contributed by atoms with Crippen LogP contribution in [0.3, 0.4) is 0 Å². The van der Waals surface area contributed by atoms with Gasteiger partial charge in [0.25, 0.3) is 0 Å². The summed E-state index contributed by atoms with van der Waals surface area (Å²) in [6.07, 6.45) is 7.89. The van der Waals surface area contributed by atoms with Crippen LogP contribution in [-0.2, 0) is 24.2 Å². The molecule has 0 bridgehead atoms. The van der Waals surface area contributed by atoms with Crippen LogP contribution in [0.15, 0.2) is 109 Å². The van der Waals surface area contributed by atoms with E-state index in [2.05, 4.69) is 32.3 Å². The molecule has 8 heteroatoms. The van der Waals surface area contributed by atoms with Crippen molar-refractivity contribution >= 4 is 17.7 Å². The molecule has 0 aliphatic carbocycles. The molecule has 0 spiro atoms. The third kappa shape index (κ3) is 7.78. The Morgan fingerprint density at radius 2 is 1.74 bits per heavy atom. The molecule has 0 unspecified atom stereocenters. The molecule has 1 N–H and O–H groups in total. The summed E-state index contributed by atoms with van der Waals surface area (Å²) in [5, 5.41) is 2.87. The van der Waals surface area contributed by atoms with Crippen molar-refractivity contribution in [3.8, 4) is 34.4 Å². The number of amides is 1. The highest BCUT2D eigenvalue weighted by atomic mass is 16.5. The lowest BCUT2D eigenvalue weighted by molar-refractivity contribution is -0.111. The first-order chi connectivity index (χ1) is 24.2. The number of nitrogens with zero attached hydrogens (tertiary/aromatic N) is 3. The molecule has 0 fully saturated rings. The number of pyridine rings is 2. The number of hydrogen-bond donors (Lipinski definition) is 1. The zero-order valence-corrected chi connectivity index (χ0v) is 25.7. The second-order valence-corrected chi connectivity index (χ2v) is 10.7. The molecule has 0 atom stereocenters. The predicted octanol–water partition coefficient (Wildman–Crippen LogP) is 7.21. The van der Waals surface area contributed by atoms with E-state index in [0.717, 1.165) is 44.0 Å². The van der Waals surface area contributed by atoms with Crippen LogP contribution in [0.25, 0.3) is 17.3 Å². The zero-order valence-electron chi connectivity index (χ0n) is 29.7. The first-order valence-corrected chi connectivity index (χ1v) is 14.9. The number of nitrogens with one attached hydrogen (secondary N) is 1. The van der Waals surface area contributed by atoms with Gasteiger partial charge in [-0.05, 0) is 108 Å². The normalized spacial score (nSPS) is 14.0. The summed E-state index contributed by atoms with van der Waals surface area (Å²) in [5.41, 5.74) is 5.50. The van der Waals surface area contributed by atoms with Gasteiger partial charge in [0.2, 0.25) is 11.8 Å². The Morgan fingerprint density at radius 1 is 0.957 bits per heavy atom. The maximum atomic E-state index is 12.6. The average molecular weight is 617 g/mol. The van der Waals surface area contributed by atoms with E-state index in [9.17, 15) is 4.79 Å². The van der Waals surface area contributed by atoms with E-state index < -0.39 is 0 Å². The standard InChI is InChI=1S/C38H36N4O4/c1-44-35-23-30-19-22-42(26-31(30)24-36(35)45-2)21-18-27-6-12-32(13-7-27)41-37(43)16-8-28-9-17-38(40-25-28)46-33-14-10-29(11-15-33)34-5-3-4-20-39-34/h3-17,20,23-25H,18-19,21-22,26H2,1-2H3,(H,41,43)/b16-8+/i10D,11D,14D,15D. The molecule has 1 aliphatic heterocycles. The number of ether oxygens (including phenoxy) is 3. The Hall–Kier alpha value is -5.47. The molecule has 5 aromatic rings. The number of fused-ring (bicyclic) bond motifs is 1. The van der Waals surface area contributed by atoms with Crippen LogP contribution < -0.4 is 19.5 Å². The molecule has 2 aromatic heterocycles. The number of hydrogen-bond acceptors (Lipinski definition) is 7. The minimum atomic E-state index is -0.335. The van der Waals surface area contributed by atoms with Crippen molar-refractivity contribution in [3.63, 3.8) is 0 Å². The van der Waals surface area contributed by atoms with Crippen LogP contribution in [-0.4, -0.2) is 48.1 Å². The molecule has 46 heavy (non-hydrogen) atoms. The monoisotopic (exact) mass is 616 g/mol. The Morgan fingerprint density at radius 3 is 2.43 bits per heavy atom. The fraction of sp³-hybridized carbons (Fsp3) is 0.184. The number of methoxy groups -OCH3 is 2. The molecule has 6 rings (SSSR count). The maximum Gasteiger partial charge on any atom is 0.248 e. The molecular weight excluding hydrogens is 576 g/mol. The van der Waals surface area contributed by atoms with Crippen LogP contribution in [0.5, 0.6) is 23.1 Å². The largest absolute Gasteiger partial charge is 0.493 e. The number of anilines is 1. The highest BCUT2D eigenvalue weighted by Gasteiger charge is 2.19. The number of aromatic nitrogens is 2. The van der Waals surface area contributed by atoms with Crippen molar-refractivity contribution < 1.29 is 24.5 Å². The highest BCUT2D eigenvalue weighted by molar-refractivity contribution is 6.01. The zero-order chi connectivity index (χ0) is 35.2. The number of carbonyl (C=O) groups excluding carboxylic acids is 1. The Kier molecular flexibility index (Phi) is 8.16. The van der Waals surface area contributed by atoms with Gasteiger partial charge in [0.1, 0.15) is 5.75 Å². The van der Waals surface area contributed by atoms with Crippen LogP contribution >= 0.6 is 0 Å². The number of carbonyl (C=O) groups is 1. The molecule has 1 amide bonds. The third-order valence-electron chi connectivity index (χ3n) is 7.65. The summed E-state index contributed by atoms with van der Waals surface area (Å²) in [4.78, 5) is 23.4. The van der Waals surface area contributed by atoms with Gasteiger partial charge in [0.15, 0.2) is 11.5 Å². The first kappa shape index (κ1) is 25.8. The van der Waals surface area contributed by atoms with E-state index in [4.69, 9.17) is 19.7 Å². The maximum absolute atomic E-state index is 12.6. The fourth-order valence-corrected chi connectivity index (χ4v) is 5.18. The first-order valence-electron chi connectivity index (χ1n) is 16.9. The number of rotatable bonds is 11. The molecule has 0 saturated heterocycles. The SMILES string of the molecule is [2H]c1c([2H])c(-c2ccccn2)c([2H])c([2H])c1Oc1ccc(/C=C/C(=O)Nc2ccc(CCN3CCc4cc(OC)c(OC)cc4C3)cc2)cn1. The van der Waals surface area contributed by atoms with Crippen LogP contribution in [0.2, 0.25) is 0 Å². The lowest BCUT2D eigenvalue weighted by atomic mass is 9.98. The van der Waals surface area contributed by atoms with Gasteiger partial charge in [-0.3, -0.25) is 14.7 Å². The minimum absolute atomic E-state index is 0.0871. The summed E-state index contributed by atoms with van der Waals surface area (Å²) < 4.78 is 50.2. The molecule has 8 nitrogen and oxygen atoms in total. The molecule has 232 valence electrons. The summed E-state index contributed by atoms with van der Waals surface area (Å²) in [6, 6.07) is 19.1. The lowest BCUT2D eigenvalue weighted by Crippen LogP contribution is -2.32. The molecule has 1 aliphatic rings. The van der Waals surface area contributed by atoms with E-state index in [1.165, 1.54) is 41.2 Å². The van der Waals surface area contributed by atoms with Crippen molar-refractivity contribution in [2.24, 2.45) is 0 Å². The summed E-state index contributed by atoms with van der Waals surface area (Å²) in [5.74, 6) is 1.07. The van der Waals surface area contributed by atoms with Gasteiger partial charge >= 0.3 is 0 Å². The second-order valence-electron chi connectivity index (χ2n) is 10.7. The average Bonchev–Trinajstić information content (AvgIpc) is 3.15. The highest BCUT2D eigenvalue weighted by Crippen LogP contribution is 2.33. The summed E-state index contributed by atoms with van der Waals surface area (Å²) >= 11 is 0. The molecular formula is C38H36N4O4. The Bertz CT molecular complexity index is 2000. The Balaban J connectivity index is 1.01. The molecule has 0 radical (unpaired) electrons.